The second-order valence-electron chi connectivity index (χ2n) is 5.55. The number of hydrogen-bond donors (Lipinski definition) is 2. The van der Waals surface area contributed by atoms with Crippen LogP contribution in [0.15, 0.2) is 36.4 Å². The number of fused-ring (bicyclic) bond motifs is 1. The van der Waals surface area contributed by atoms with E-state index in [0.29, 0.717) is 18.5 Å². The van der Waals surface area contributed by atoms with E-state index in [1.54, 1.807) is 6.07 Å². The highest BCUT2D eigenvalue weighted by Crippen LogP contribution is 2.35. The van der Waals surface area contributed by atoms with Crippen molar-refractivity contribution in [3.05, 3.63) is 42.1 Å². The van der Waals surface area contributed by atoms with Gasteiger partial charge >= 0.3 is 5.97 Å². The van der Waals surface area contributed by atoms with Crippen LogP contribution in [-0.2, 0) is 4.79 Å². The van der Waals surface area contributed by atoms with Crippen molar-refractivity contribution in [2.24, 2.45) is 0 Å². The van der Waals surface area contributed by atoms with Gasteiger partial charge in [-0.1, -0.05) is 24.3 Å². The Kier molecular flexibility index (Phi) is 3.33. The second-order valence-corrected chi connectivity index (χ2v) is 5.55. The number of aliphatic carboxylic acids is 1. The molecule has 5 heteroatoms. The molecule has 1 amide bonds. The summed E-state index contributed by atoms with van der Waals surface area (Å²) in [4.78, 5) is 27.6. The number of hydrogen-bond acceptors (Lipinski definition) is 3. The van der Waals surface area contributed by atoms with E-state index in [1.807, 2.05) is 30.3 Å². The summed E-state index contributed by atoms with van der Waals surface area (Å²) in [6, 6.07) is 11.1. The molecule has 1 fully saturated rings. The Morgan fingerprint density at radius 2 is 1.95 bits per heavy atom. The standard InChI is InChI=1S/C16H16N2O3/c19-14(20)10-16(8-3-9-16)18-15(21)13-7-6-11-4-1-2-5-12(11)17-13/h1-2,4-7H,3,8-10H2,(H,18,21)(H,19,20). The molecule has 1 aliphatic rings. The summed E-state index contributed by atoms with van der Waals surface area (Å²) in [5, 5.41) is 12.8. The number of para-hydroxylation sites is 1. The van der Waals surface area contributed by atoms with Gasteiger partial charge in [-0.25, -0.2) is 4.98 Å². The lowest BCUT2D eigenvalue weighted by molar-refractivity contribution is -0.139. The van der Waals surface area contributed by atoms with Crippen LogP contribution in [0.1, 0.15) is 36.2 Å². The minimum atomic E-state index is -0.888. The zero-order valence-electron chi connectivity index (χ0n) is 11.5. The van der Waals surface area contributed by atoms with E-state index in [4.69, 9.17) is 5.11 Å². The van der Waals surface area contributed by atoms with Gasteiger partial charge in [0.2, 0.25) is 0 Å². The van der Waals surface area contributed by atoms with Crippen LogP contribution in [-0.4, -0.2) is 27.5 Å². The quantitative estimate of drug-likeness (QED) is 0.903. The number of pyridine rings is 1. The van der Waals surface area contributed by atoms with Gasteiger partial charge in [-0.15, -0.1) is 0 Å². The molecule has 1 saturated carbocycles. The Morgan fingerprint density at radius 3 is 2.62 bits per heavy atom. The van der Waals surface area contributed by atoms with Gasteiger partial charge in [0.1, 0.15) is 5.69 Å². The van der Waals surface area contributed by atoms with Crippen LogP contribution in [0.4, 0.5) is 0 Å². The van der Waals surface area contributed by atoms with E-state index in [-0.39, 0.29) is 12.3 Å². The number of carbonyl (C=O) groups excluding carboxylic acids is 1. The summed E-state index contributed by atoms with van der Waals surface area (Å²) in [6.45, 7) is 0. The summed E-state index contributed by atoms with van der Waals surface area (Å²) >= 11 is 0. The van der Waals surface area contributed by atoms with Crippen molar-refractivity contribution in [3.63, 3.8) is 0 Å². The molecule has 0 radical (unpaired) electrons. The van der Waals surface area contributed by atoms with Crippen LogP contribution < -0.4 is 5.32 Å². The number of carboxylic acid groups (broad SMARTS) is 1. The van der Waals surface area contributed by atoms with Gasteiger partial charge in [-0.05, 0) is 31.4 Å². The van der Waals surface area contributed by atoms with Gasteiger partial charge in [-0.2, -0.15) is 0 Å². The molecular formula is C16H16N2O3. The van der Waals surface area contributed by atoms with E-state index < -0.39 is 11.5 Å². The predicted molar refractivity (Wildman–Crippen MR) is 78.0 cm³/mol. The molecule has 5 nitrogen and oxygen atoms in total. The maximum absolute atomic E-state index is 12.3. The molecule has 2 N–H and O–H groups in total. The molecule has 21 heavy (non-hydrogen) atoms. The minimum Gasteiger partial charge on any atom is -0.481 e. The summed E-state index contributed by atoms with van der Waals surface area (Å²) in [5.41, 5.74) is 0.479. The third-order valence-electron chi connectivity index (χ3n) is 4.01. The van der Waals surface area contributed by atoms with Crippen LogP contribution >= 0.6 is 0 Å². The molecule has 3 rings (SSSR count). The van der Waals surface area contributed by atoms with Crippen molar-refractivity contribution in [1.82, 2.24) is 10.3 Å². The average molecular weight is 284 g/mol. The van der Waals surface area contributed by atoms with E-state index in [9.17, 15) is 9.59 Å². The minimum absolute atomic E-state index is 0.0354. The van der Waals surface area contributed by atoms with Gasteiger partial charge in [0.05, 0.1) is 17.5 Å². The maximum atomic E-state index is 12.3. The first-order valence-corrected chi connectivity index (χ1v) is 6.98. The normalized spacial score (nSPS) is 16.2. The van der Waals surface area contributed by atoms with Crippen LogP contribution in [0, 0.1) is 0 Å². The summed E-state index contributed by atoms with van der Waals surface area (Å²) in [5.74, 6) is -1.19. The highest BCUT2D eigenvalue weighted by Gasteiger charge is 2.40. The molecule has 1 aromatic carbocycles. The Morgan fingerprint density at radius 1 is 1.19 bits per heavy atom. The van der Waals surface area contributed by atoms with E-state index >= 15 is 0 Å². The molecule has 2 aromatic rings. The zero-order valence-corrected chi connectivity index (χ0v) is 11.5. The molecule has 0 spiro atoms. The molecule has 0 atom stereocenters. The highest BCUT2D eigenvalue weighted by molar-refractivity contribution is 5.95. The molecule has 0 saturated heterocycles. The molecule has 0 aliphatic heterocycles. The third kappa shape index (κ3) is 2.72. The second kappa shape index (κ2) is 5.16. The number of aromatic nitrogens is 1. The third-order valence-corrected chi connectivity index (χ3v) is 4.01. The van der Waals surface area contributed by atoms with Gasteiger partial charge < -0.3 is 10.4 Å². The smallest absolute Gasteiger partial charge is 0.305 e. The first kappa shape index (κ1) is 13.5. The Balaban J connectivity index is 1.81. The van der Waals surface area contributed by atoms with Crippen molar-refractivity contribution in [1.29, 1.82) is 0 Å². The van der Waals surface area contributed by atoms with Crippen LogP contribution in [0.3, 0.4) is 0 Å². The fraction of sp³-hybridized carbons (Fsp3) is 0.312. The largest absolute Gasteiger partial charge is 0.481 e. The Bertz CT molecular complexity index is 707. The number of nitrogens with one attached hydrogen (secondary N) is 1. The maximum Gasteiger partial charge on any atom is 0.305 e. The first-order valence-electron chi connectivity index (χ1n) is 6.98. The highest BCUT2D eigenvalue weighted by atomic mass is 16.4. The molecule has 0 unspecified atom stereocenters. The van der Waals surface area contributed by atoms with Crippen molar-refractivity contribution in [3.8, 4) is 0 Å². The summed E-state index contributed by atoms with van der Waals surface area (Å²) in [7, 11) is 0. The van der Waals surface area contributed by atoms with Crippen molar-refractivity contribution in [2.45, 2.75) is 31.2 Å². The number of nitrogens with zero attached hydrogens (tertiary/aromatic N) is 1. The van der Waals surface area contributed by atoms with Crippen molar-refractivity contribution in [2.75, 3.05) is 0 Å². The van der Waals surface area contributed by atoms with Gasteiger partial charge in [-0.3, -0.25) is 9.59 Å². The van der Waals surface area contributed by atoms with E-state index in [2.05, 4.69) is 10.3 Å². The number of carbonyl (C=O) groups is 2. The number of amides is 1. The Labute approximate surface area is 122 Å². The van der Waals surface area contributed by atoms with Crippen LogP contribution in [0.5, 0.6) is 0 Å². The monoisotopic (exact) mass is 284 g/mol. The molecule has 1 heterocycles. The van der Waals surface area contributed by atoms with Crippen LogP contribution in [0.25, 0.3) is 10.9 Å². The van der Waals surface area contributed by atoms with E-state index in [0.717, 1.165) is 17.3 Å². The average Bonchev–Trinajstić information content (AvgIpc) is 2.43. The number of carboxylic acids is 1. The Hall–Kier alpha value is -2.43. The lowest BCUT2D eigenvalue weighted by atomic mass is 9.74. The van der Waals surface area contributed by atoms with Gasteiger partial charge in [0, 0.05) is 5.39 Å². The lowest BCUT2D eigenvalue weighted by Gasteiger charge is -2.41. The lowest BCUT2D eigenvalue weighted by Crippen LogP contribution is -2.54. The fourth-order valence-electron chi connectivity index (χ4n) is 2.74. The summed E-state index contributed by atoms with van der Waals surface area (Å²) in [6.07, 6.45) is 2.32. The zero-order chi connectivity index (χ0) is 14.9. The van der Waals surface area contributed by atoms with Crippen molar-refractivity contribution < 1.29 is 14.7 Å². The molecule has 108 valence electrons. The molecule has 1 aromatic heterocycles. The van der Waals surface area contributed by atoms with Gasteiger partial charge in [0.25, 0.3) is 5.91 Å². The molecule has 0 bridgehead atoms. The molecule has 1 aliphatic carbocycles. The topological polar surface area (TPSA) is 79.3 Å². The fourth-order valence-corrected chi connectivity index (χ4v) is 2.74. The number of benzene rings is 1. The predicted octanol–water partition coefficient (Wildman–Crippen LogP) is 2.36. The van der Waals surface area contributed by atoms with Crippen LogP contribution in [0.2, 0.25) is 0 Å². The van der Waals surface area contributed by atoms with Crippen molar-refractivity contribution >= 4 is 22.8 Å². The van der Waals surface area contributed by atoms with E-state index in [1.165, 1.54) is 0 Å². The number of rotatable bonds is 4. The van der Waals surface area contributed by atoms with Gasteiger partial charge in [0.15, 0.2) is 0 Å². The first-order chi connectivity index (χ1) is 10.1. The molecular weight excluding hydrogens is 268 g/mol. The summed E-state index contributed by atoms with van der Waals surface area (Å²) < 4.78 is 0. The SMILES string of the molecule is O=C(O)CC1(NC(=O)c2ccc3ccccc3n2)CCC1.